The van der Waals surface area contributed by atoms with Crippen molar-refractivity contribution in [1.29, 1.82) is 0 Å². The van der Waals surface area contributed by atoms with Gasteiger partial charge in [0.1, 0.15) is 0 Å². The van der Waals surface area contributed by atoms with Gasteiger partial charge in [-0.05, 0) is 18.1 Å². The van der Waals surface area contributed by atoms with E-state index in [4.69, 9.17) is 10.8 Å². The molecule has 0 aromatic heterocycles. The molecule has 0 radical (unpaired) electrons. The van der Waals surface area contributed by atoms with Crippen molar-refractivity contribution in [1.82, 2.24) is 0 Å². The number of hydrogen-bond donors (Lipinski definition) is 2. The molecule has 14 heavy (non-hydrogen) atoms. The lowest BCUT2D eigenvalue weighted by atomic mass is 10.0. The molecule has 0 saturated carbocycles. The van der Waals surface area contributed by atoms with Gasteiger partial charge in [-0.2, -0.15) is 0 Å². The predicted molar refractivity (Wildman–Crippen MR) is 56.7 cm³/mol. The van der Waals surface area contributed by atoms with Crippen molar-refractivity contribution in [3.05, 3.63) is 33.8 Å². The summed E-state index contributed by atoms with van der Waals surface area (Å²) in [5.74, 6) is -0.898. The minimum Gasteiger partial charge on any atom is -0.478 e. The van der Waals surface area contributed by atoms with Crippen LogP contribution in [0.25, 0.3) is 0 Å². The second kappa shape index (κ2) is 3.29. The molecule has 0 saturated heterocycles. The van der Waals surface area contributed by atoms with Crippen LogP contribution in [0.1, 0.15) is 13.3 Å². The molecule has 1 atom stereocenters. The number of allylic oxidation sites excluding steroid dienone is 4. The molecule has 0 fully saturated rings. The highest BCUT2D eigenvalue weighted by Crippen LogP contribution is 2.46. The van der Waals surface area contributed by atoms with Gasteiger partial charge in [-0.3, -0.25) is 0 Å². The third-order valence-electron chi connectivity index (χ3n) is 2.42. The Hall–Kier alpha value is -1.00. The summed E-state index contributed by atoms with van der Waals surface area (Å²) in [5.41, 5.74) is 8.04. The highest BCUT2D eigenvalue weighted by molar-refractivity contribution is 8.04. The summed E-state index contributed by atoms with van der Waals surface area (Å²) in [6, 6.07) is 0. The molecule has 0 amide bonds. The molecular formula is C10H11NO2S. The number of carbonyl (C=O) groups is 1. The Balaban J connectivity index is 2.51. The third-order valence-corrected chi connectivity index (χ3v) is 3.51. The zero-order chi connectivity index (χ0) is 10.3. The van der Waals surface area contributed by atoms with Crippen LogP contribution in [-0.4, -0.2) is 16.4 Å². The standard InChI is InChI=1S/C10H11NO2S/c1-2-5-3-4-6-7(5)8(10(12)13)9(11)14-6/h3-4,9H,2,11H2,1H3,(H,12,13). The lowest BCUT2D eigenvalue weighted by molar-refractivity contribution is -0.132. The van der Waals surface area contributed by atoms with Crippen LogP contribution in [0.15, 0.2) is 33.8 Å². The SMILES string of the molecule is CCC1=CC=C2SC(N)C(C(=O)O)=C12. The summed E-state index contributed by atoms with van der Waals surface area (Å²) < 4.78 is 0. The molecule has 3 N–H and O–H groups in total. The molecule has 1 aliphatic heterocycles. The second-order valence-electron chi connectivity index (χ2n) is 3.21. The summed E-state index contributed by atoms with van der Waals surface area (Å²) in [6.07, 6.45) is 4.78. The van der Waals surface area contributed by atoms with E-state index >= 15 is 0 Å². The van der Waals surface area contributed by atoms with E-state index in [2.05, 4.69) is 0 Å². The summed E-state index contributed by atoms with van der Waals surface area (Å²) >= 11 is 1.42. The van der Waals surface area contributed by atoms with Gasteiger partial charge in [0.25, 0.3) is 0 Å². The first-order valence-electron chi connectivity index (χ1n) is 4.46. The highest BCUT2D eigenvalue weighted by Gasteiger charge is 2.34. The van der Waals surface area contributed by atoms with E-state index in [0.29, 0.717) is 5.57 Å². The van der Waals surface area contributed by atoms with Gasteiger partial charge in [0.2, 0.25) is 0 Å². The van der Waals surface area contributed by atoms with Crippen LogP contribution in [0.4, 0.5) is 0 Å². The van der Waals surface area contributed by atoms with Crippen molar-refractivity contribution >= 4 is 17.7 Å². The fraction of sp³-hybridized carbons (Fsp3) is 0.300. The molecule has 0 bridgehead atoms. The number of rotatable bonds is 2. The molecule has 1 aliphatic carbocycles. The average Bonchev–Trinajstić information content (AvgIpc) is 2.60. The molecule has 3 nitrogen and oxygen atoms in total. The van der Waals surface area contributed by atoms with Gasteiger partial charge in [0, 0.05) is 10.5 Å². The van der Waals surface area contributed by atoms with E-state index in [-0.39, 0.29) is 0 Å². The Labute approximate surface area is 86.4 Å². The molecule has 0 spiro atoms. The van der Waals surface area contributed by atoms with E-state index in [1.54, 1.807) is 0 Å². The molecule has 1 unspecified atom stereocenters. The van der Waals surface area contributed by atoms with Crippen LogP contribution in [0.2, 0.25) is 0 Å². The van der Waals surface area contributed by atoms with Crippen molar-refractivity contribution in [2.75, 3.05) is 0 Å². The van der Waals surface area contributed by atoms with Crippen LogP contribution in [0, 0.1) is 0 Å². The van der Waals surface area contributed by atoms with Crippen LogP contribution < -0.4 is 5.73 Å². The smallest absolute Gasteiger partial charge is 0.334 e. The van der Waals surface area contributed by atoms with E-state index in [1.165, 1.54) is 11.8 Å². The van der Waals surface area contributed by atoms with Gasteiger partial charge in [-0.1, -0.05) is 13.0 Å². The fourth-order valence-corrected chi connectivity index (χ4v) is 2.88. The molecule has 2 rings (SSSR count). The van der Waals surface area contributed by atoms with Crippen LogP contribution in [-0.2, 0) is 4.79 Å². The number of thioether (sulfide) groups is 1. The summed E-state index contributed by atoms with van der Waals surface area (Å²) in [7, 11) is 0. The minimum absolute atomic E-state index is 0.354. The first kappa shape index (κ1) is 9.55. The Morgan fingerprint density at radius 2 is 2.36 bits per heavy atom. The van der Waals surface area contributed by atoms with Crippen molar-refractivity contribution in [3.8, 4) is 0 Å². The lowest BCUT2D eigenvalue weighted by Crippen LogP contribution is -2.21. The van der Waals surface area contributed by atoms with E-state index in [1.807, 2.05) is 19.1 Å². The maximum absolute atomic E-state index is 11.0. The van der Waals surface area contributed by atoms with E-state index in [9.17, 15) is 4.79 Å². The van der Waals surface area contributed by atoms with Crippen LogP contribution in [0.3, 0.4) is 0 Å². The van der Waals surface area contributed by atoms with E-state index in [0.717, 1.165) is 22.5 Å². The van der Waals surface area contributed by atoms with Crippen molar-refractivity contribution in [2.24, 2.45) is 5.73 Å². The monoisotopic (exact) mass is 209 g/mol. The van der Waals surface area contributed by atoms with Crippen molar-refractivity contribution in [3.63, 3.8) is 0 Å². The normalized spacial score (nSPS) is 24.9. The largest absolute Gasteiger partial charge is 0.478 e. The first-order chi connectivity index (χ1) is 6.65. The quantitative estimate of drug-likeness (QED) is 0.725. The number of fused-ring (bicyclic) bond motifs is 1. The van der Waals surface area contributed by atoms with Gasteiger partial charge in [-0.25, -0.2) is 4.79 Å². The number of carboxylic acid groups (broad SMARTS) is 1. The molecule has 4 heteroatoms. The molecule has 74 valence electrons. The summed E-state index contributed by atoms with van der Waals surface area (Å²) in [4.78, 5) is 12.0. The van der Waals surface area contributed by atoms with Gasteiger partial charge in [0.15, 0.2) is 0 Å². The van der Waals surface area contributed by atoms with Crippen LogP contribution in [0.5, 0.6) is 0 Å². The number of carboxylic acids is 1. The van der Waals surface area contributed by atoms with Gasteiger partial charge in [0.05, 0.1) is 10.9 Å². The average molecular weight is 209 g/mol. The highest BCUT2D eigenvalue weighted by atomic mass is 32.2. The van der Waals surface area contributed by atoms with Gasteiger partial charge < -0.3 is 10.8 Å². The second-order valence-corrected chi connectivity index (χ2v) is 4.39. The molecule has 2 aliphatic rings. The topological polar surface area (TPSA) is 63.3 Å². The molecular weight excluding hydrogens is 198 g/mol. The number of nitrogens with two attached hydrogens (primary N) is 1. The molecule has 0 aromatic rings. The van der Waals surface area contributed by atoms with E-state index < -0.39 is 11.3 Å². The van der Waals surface area contributed by atoms with Crippen LogP contribution >= 0.6 is 11.8 Å². The third kappa shape index (κ3) is 1.22. The van der Waals surface area contributed by atoms with Gasteiger partial charge >= 0.3 is 5.97 Å². The predicted octanol–water partition coefficient (Wildman–Crippen LogP) is 1.63. The maximum atomic E-state index is 11.0. The molecule has 0 aromatic carbocycles. The maximum Gasteiger partial charge on any atom is 0.334 e. The number of hydrogen-bond acceptors (Lipinski definition) is 3. The first-order valence-corrected chi connectivity index (χ1v) is 5.34. The summed E-state index contributed by atoms with van der Waals surface area (Å²) in [6.45, 7) is 2.02. The minimum atomic E-state index is -0.898. The van der Waals surface area contributed by atoms with Crippen molar-refractivity contribution < 1.29 is 9.90 Å². The zero-order valence-corrected chi connectivity index (χ0v) is 8.60. The lowest BCUT2D eigenvalue weighted by Gasteiger charge is -2.05. The zero-order valence-electron chi connectivity index (χ0n) is 7.78. The Morgan fingerprint density at radius 1 is 1.64 bits per heavy atom. The Kier molecular flexibility index (Phi) is 2.25. The Morgan fingerprint density at radius 3 is 2.93 bits per heavy atom. The summed E-state index contributed by atoms with van der Waals surface area (Å²) in [5, 5.41) is 8.63. The Bertz CT molecular complexity index is 393. The fourth-order valence-electron chi connectivity index (χ4n) is 1.77. The molecule has 1 heterocycles. The van der Waals surface area contributed by atoms with Gasteiger partial charge in [-0.15, -0.1) is 11.8 Å². The number of aliphatic carboxylic acids is 1. The van der Waals surface area contributed by atoms with Crippen molar-refractivity contribution in [2.45, 2.75) is 18.7 Å².